The fourth-order valence-electron chi connectivity index (χ4n) is 5.97. The first-order chi connectivity index (χ1) is 15.8. The SMILES string of the molecule is COc1cccc(C23CCN(C)CC2(OC(C)=O)CC[C@@H](N(C)C(=O)c2ccccc2)C3)c1. The molecule has 3 atom stereocenters. The van der Waals surface area contributed by atoms with Crippen LogP contribution in [0.4, 0.5) is 0 Å². The summed E-state index contributed by atoms with van der Waals surface area (Å²) in [5.74, 6) is 0.549. The monoisotopic (exact) mass is 450 g/mol. The molecule has 0 bridgehead atoms. The molecule has 2 aromatic carbocycles. The molecule has 1 aliphatic heterocycles. The molecule has 1 amide bonds. The number of rotatable bonds is 5. The van der Waals surface area contributed by atoms with E-state index in [0.29, 0.717) is 18.5 Å². The maximum atomic E-state index is 13.3. The normalized spacial score (nSPS) is 27.3. The van der Waals surface area contributed by atoms with Gasteiger partial charge in [0.15, 0.2) is 0 Å². The van der Waals surface area contributed by atoms with Gasteiger partial charge >= 0.3 is 5.97 Å². The topological polar surface area (TPSA) is 59.1 Å². The maximum absolute atomic E-state index is 13.3. The first-order valence-electron chi connectivity index (χ1n) is 11.7. The summed E-state index contributed by atoms with van der Waals surface area (Å²) < 4.78 is 11.8. The Bertz CT molecular complexity index is 1010. The van der Waals surface area contributed by atoms with Crippen molar-refractivity contribution < 1.29 is 19.1 Å². The lowest BCUT2D eigenvalue weighted by Gasteiger charge is -2.59. The van der Waals surface area contributed by atoms with E-state index in [4.69, 9.17) is 9.47 Å². The zero-order valence-electron chi connectivity index (χ0n) is 20.0. The summed E-state index contributed by atoms with van der Waals surface area (Å²) in [7, 11) is 5.64. The van der Waals surface area contributed by atoms with Crippen molar-refractivity contribution in [3.63, 3.8) is 0 Å². The molecule has 4 rings (SSSR count). The number of esters is 1. The Hall–Kier alpha value is -2.86. The minimum Gasteiger partial charge on any atom is -0.497 e. The number of piperidine rings is 1. The van der Waals surface area contributed by atoms with Gasteiger partial charge in [-0.2, -0.15) is 0 Å². The summed E-state index contributed by atoms with van der Waals surface area (Å²) in [6, 6.07) is 17.6. The summed E-state index contributed by atoms with van der Waals surface area (Å²) in [6.45, 7) is 3.06. The minimum atomic E-state index is -0.647. The quantitative estimate of drug-likeness (QED) is 0.647. The molecule has 0 N–H and O–H groups in total. The number of benzene rings is 2. The van der Waals surface area contributed by atoms with Crippen molar-refractivity contribution in [2.45, 2.75) is 49.7 Å². The van der Waals surface area contributed by atoms with E-state index in [2.05, 4.69) is 24.1 Å². The first kappa shape index (κ1) is 23.3. The lowest BCUT2D eigenvalue weighted by atomic mass is 9.55. The Morgan fingerprint density at radius 1 is 1.09 bits per heavy atom. The standard InChI is InChI=1S/C27H34N2O4/c1-20(30)33-27-14-13-23(29(3)25(31)21-9-6-5-7-10-21)18-26(27,15-16-28(2)19-27)22-11-8-12-24(17-22)32-4/h5-12,17,23H,13-16,18-19H2,1-4H3/t23-,26?,27?/m1/s1. The van der Waals surface area contributed by atoms with Crippen molar-refractivity contribution in [2.75, 3.05) is 34.3 Å². The van der Waals surface area contributed by atoms with E-state index in [1.54, 1.807) is 7.11 Å². The van der Waals surface area contributed by atoms with Gasteiger partial charge in [-0.1, -0.05) is 30.3 Å². The highest BCUT2D eigenvalue weighted by atomic mass is 16.6. The number of likely N-dealkylation sites (tertiary alicyclic amines) is 1. The second kappa shape index (κ2) is 9.18. The molecular weight excluding hydrogens is 416 g/mol. The van der Waals surface area contributed by atoms with Gasteiger partial charge in [-0.25, -0.2) is 0 Å². The van der Waals surface area contributed by atoms with E-state index in [0.717, 1.165) is 37.1 Å². The van der Waals surface area contributed by atoms with Gasteiger partial charge in [0.2, 0.25) is 0 Å². The van der Waals surface area contributed by atoms with Crippen LogP contribution >= 0.6 is 0 Å². The lowest BCUT2D eigenvalue weighted by Crippen LogP contribution is -2.68. The third kappa shape index (κ3) is 4.24. The van der Waals surface area contributed by atoms with Crippen LogP contribution in [0, 0.1) is 0 Å². The van der Waals surface area contributed by atoms with Crippen LogP contribution in [0.15, 0.2) is 54.6 Å². The highest BCUT2D eigenvalue weighted by molar-refractivity contribution is 5.94. The van der Waals surface area contributed by atoms with Crippen molar-refractivity contribution in [1.82, 2.24) is 9.80 Å². The van der Waals surface area contributed by atoms with E-state index < -0.39 is 11.0 Å². The van der Waals surface area contributed by atoms with Gasteiger partial charge in [-0.05, 0) is 69.1 Å². The van der Waals surface area contributed by atoms with Crippen molar-refractivity contribution in [3.05, 3.63) is 65.7 Å². The molecule has 1 saturated heterocycles. The van der Waals surface area contributed by atoms with Crippen LogP contribution in [0.25, 0.3) is 0 Å². The average molecular weight is 451 g/mol. The van der Waals surface area contributed by atoms with Gasteiger partial charge in [-0.3, -0.25) is 9.59 Å². The third-order valence-corrected chi connectivity index (χ3v) is 7.63. The number of hydrogen-bond acceptors (Lipinski definition) is 5. The number of carbonyl (C=O) groups excluding carboxylic acids is 2. The van der Waals surface area contributed by atoms with E-state index in [9.17, 15) is 9.59 Å². The van der Waals surface area contributed by atoms with Crippen LogP contribution in [0.1, 0.15) is 48.5 Å². The van der Waals surface area contributed by atoms with Gasteiger partial charge in [0.1, 0.15) is 11.4 Å². The highest BCUT2D eigenvalue weighted by Gasteiger charge is 2.61. The second-order valence-corrected chi connectivity index (χ2v) is 9.57. The van der Waals surface area contributed by atoms with Crippen molar-refractivity contribution in [1.29, 1.82) is 0 Å². The minimum absolute atomic E-state index is 0.0225. The molecule has 6 nitrogen and oxygen atoms in total. The van der Waals surface area contributed by atoms with Crippen molar-refractivity contribution in [3.8, 4) is 5.75 Å². The summed E-state index contributed by atoms with van der Waals surface area (Å²) >= 11 is 0. The largest absolute Gasteiger partial charge is 0.497 e. The zero-order chi connectivity index (χ0) is 23.6. The molecule has 2 aromatic rings. The van der Waals surface area contributed by atoms with Crippen molar-refractivity contribution >= 4 is 11.9 Å². The zero-order valence-corrected chi connectivity index (χ0v) is 20.0. The predicted octanol–water partition coefficient (Wildman–Crippen LogP) is 3.90. The van der Waals surface area contributed by atoms with E-state index in [1.165, 1.54) is 6.92 Å². The van der Waals surface area contributed by atoms with Gasteiger partial charge in [0, 0.05) is 37.5 Å². The molecule has 176 valence electrons. The van der Waals surface area contributed by atoms with E-state index in [-0.39, 0.29) is 17.9 Å². The van der Waals surface area contributed by atoms with Crippen molar-refractivity contribution in [2.24, 2.45) is 0 Å². The lowest BCUT2D eigenvalue weighted by molar-refractivity contribution is -0.187. The molecule has 2 fully saturated rings. The second-order valence-electron chi connectivity index (χ2n) is 9.57. The van der Waals surface area contributed by atoms with Gasteiger partial charge in [-0.15, -0.1) is 0 Å². The van der Waals surface area contributed by atoms with Crippen LogP contribution < -0.4 is 4.74 Å². The summed E-state index contributed by atoms with van der Waals surface area (Å²) in [6.07, 6.45) is 3.05. The molecule has 1 saturated carbocycles. The fourth-order valence-corrected chi connectivity index (χ4v) is 5.97. The van der Waals surface area contributed by atoms with Gasteiger partial charge in [0.05, 0.1) is 7.11 Å². The molecule has 2 aliphatic rings. The molecule has 0 radical (unpaired) electrons. The number of likely N-dealkylation sites (N-methyl/N-ethyl adjacent to an activating group) is 1. The summed E-state index contributed by atoms with van der Waals surface area (Å²) in [5, 5.41) is 0. The van der Waals surface area contributed by atoms with Crippen LogP contribution in [0.2, 0.25) is 0 Å². The Morgan fingerprint density at radius 3 is 2.55 bits per heavy atom. The highest BCUT2D eigenvalue weighted by Crippen LogP contribution is 2.54. The molecule has 33 heavy (non-hydrogen) atoms. The van der Waals surface area contributed by atoms with Gasteiger partial charge in [0.25, 0.3) is 5.91 Å². The fraction of sp³-hybridized carbons (Fsp3) is 0.481. The molecule has 6 heteroatoms. The predicted molar refractivity (Wildman–Crippen MR) is 127 cm³/mol. The van der Waals surface area contributed by atoms with Gasteiger partial charge < -0.3 is 19.3 Å². The molecule has 1 heterocycles. The summed E-state index contributed by atoms with van der Waals surface area (Å²) in [4.78, 5) is 29.7. The molecule has 0 spiro atoms. The Kier molecular flexibility index (Phi) is 6.48. The smallest absolute Gasteiger partial charge is 0.303 e. The van der Waals surface area contributed by atoms with Crippen LogP contribution in [0.3, 0.4) is 0 Å². The number of hydrogen-bond donors (Lipinski definition) is 0. The van der Waals surface area contributed by atoms with E-state index in [1.807, 2.05) is 54.4 Å². The number of nitrogens with zero attached hydrogens (tertiary/aromatic N) is 2. The molecule has 2 unspecified atom stereocenters. The number of fused-ring (bicyclic) bond motifs is 1. The van der Waals surface area contributed by atoms with Crippen LogP contribution in [0.5, 0.6) is 5.75 Å². The number of methoxy groups -OCH3 is 1. The Morgan fingerprint density at radius 2 is 1.85 bits per heavy atom. The summed E-state index contributed by atoms with van der Waals surface area (Å²) in [5.41, 5.74) is 0.747. The number of carbonyl (C=O) groups is 2. The molecule has 0 aromatic heterocycles. The number of ether oxygens (including phenoxy) is 2. The Balaban J connectivity index is 1.76. The number of amides is 1. The van der Waals surface area contributed by atoms with E-state index >= 15 is 0 Å². The maximum Gasteiger partial charge on any atom is 0.303 e. The molecular formula is C27H34N2O4. The Labute approximate surface area is 196 Å². The molecule has 1 aliphatic carbocycles. The van der Waals surface area contributed by atoms with Crippen LogP contribution in [-0.2, 0) is 14.9 Å². The van der Waals surface area contributed by atoms with Crippen LogP contribution in [-0.4, -0.2) is 67.6 Å². The third-order valence-electron chi connectivity index (χ3n) is 7.63. The average Bonchev–Trinajstić information content (AvgIpc) is 2.82. The first-order valence-corrected chi connectivity index (χ1v) is 11.7.